The highest BCUT2D eigenvalue weighted by Gasteiger charge is 2.15. The maximum Gasteiger partial charge on any atom is 0.191 e. The van der Waals surface area contributed by atoms with Crippen LogP contribution in [0.5, 0.6) is 0 Å². The van der Waals surface area contributed by atoms with Crippen LogP contribution in [0.15, 0.2) is 47.7 Å². The lowest BCUT2D eigenvalue weighted by molar-refractivity contribution is 0.0888. The summed E-state index contributed by atoms with van der Waals surface area (Å²) >= 11 is 0. The van der Waals surface area contributed by atoms with Gasteiger partial charge in [0.25, 0.3) is 0 Å². The molecule has 1 aromatic heterocycles. The highest BCUT2D eigenvalue weighted by molar-refractivity contribution is 14.0. The van der Waals surface area contributed by atoms with Gasteiger partial charge in [-0.25, -0.2) is 9.98 Å². The standard InChI is InChI=1S/C24H37N5O2.HI/c1-2-25-24(27-12-7-16-30-19-22-11-17-31-20-22)28-18-23-26-13-15-29(23)14-6-10-21-8-4-3-5-9-21;/h3-5,8-9,13,15,22H,2,6-7,10-12,14,16-20H2,1H3,(H2,25,27,28);1H. The fraction of sp³-hybridized carbons (Fsp3) is 0.583. The summed E-state index contributed by atoms with van der Waals surface area (Å²) in [6.07, 6.45) is 8.14. The molecule has 0 aliphatic carbocycles. The van der Waals surface area contributed by atoms with Crippen LogP contribution in [0, 0.1) is 5.92 Å². The van der Waals surface area contributed by atoms with Crippen molar-refractivity contribution in [3.05, 3.63) is 54.1 Å². The Hall–Kier alpha value is -1.65. The highest BCUT2D eigenvalue weighted by Crippen LogP contribution is 2.12. The Balaban J connectivity index is 0.00000363. The molecule has 1 aliphatic heterocycles. The van der Waals surface area contributed by atoms with E-state index in [0.29, 0.717) is 12.5 Å². The minimum Gasteiger partial charge on any atom is -0.381 e. The average Bonchev–Trinajstić information content (AvgIpc) is 3.47. The molecule has 8 heteroatoms. The molecule has 2 N–H and O–H groups in total. The van der Waals surface area contributed by atoms with Crippen molar-refractivity contribution in [3.63, 3.8) is 0 Å². The van der Waals surface area contributed by atoms with E-state index in [-0.39, 0.29) is 24.0 Å². The van der Waals surface area contributed by atoms with Crippen molar-refractivity contribution in [2.75, 3.05) is 39.5 Å². The van der Waals surface area contributed by atoms with Crippen molar-refractivity contribution in [1.82, 2.24) is 20.2 Å². The van der Waals surface area contributed by atoms with Crippen LogP contribution in [0.2, 0.25) is 0 Å². The van der Waals surface area contributed by atoms with Crippen LogP contribution in [0.25, 0.3) is 0 Å². The Labute approximate surface area is 209 Å². The third-order valence-corrected chi connectivity index (χ3v) is 5.37. The second kappa shape index (κ2) is 16.0. The van der Waals surface area contributed by atoms with Crippen molar-refractivity contribution >= 4 is 29.9 Å². The van der Waals surface area contributed by atoms with Crippen LogP contribution in [0.4, 0.5) is 0 Å². The summed E-state index contributed by atoms with van der Waals surface area (Å²) in [5, 5.41) is 6.70. The molecular weight excluding hydrogens is 517 g/mol. The number of aryl methyl sites for hydroxylation is 2. The van der Waals surface area contributed by atoms with Gasteiger partial charge >= 0.3 is 0 Å². The Kier molecular flexibility index (Phi) is 13.3. The van der Waals surface area contributed by atoms with E-state index in [9.17, 15) is 0 Å². The predicted molar refractivity (Wildman–Crippen MR) is 140 cm³/mol. The zero-order chi connectivity index (χ0) is 21.6. The third kappa shape index (κ3) is 9.87. The molecule has 3 rings (SSSR count). The molecule has 1 atom stereocenters. The number of rotatable bonds is 13. The first-order valence-corrected chi connectivity index (χ1v) is 11.6. The Bertz CT molecular complexity index is 763. The fourth-order valence-electron chi connectivity index (χ4n) is 3.63. The predicted octanol–water partition coefficient (Wildman–Crippen LogP) is 3.63. The Morgan fingerprint density at radius 3 is 2.91 bits per heavy atom. The molecule has 2 aromatic rings. The Morgan fingerprint density at radius 1 is 1.25 bits per heavy atom. The molecule has 32 heavy (non-hydrogen) atoms. The van der Waals surface area contributed by atoms with Crippen LogP contribution >= 0.6 is 24.0 Å². The number of hydrogen-bond acceptors (Lipinski definition) is 4. The number of ether oxygens (including phenoxy) is 2. The summed E-state index contributed by atoms with van der Waals surface area (Å²) < 4.78 is 13.4. The van der Waals surface area contributed by atoms with Crippen molar-refractivity contribution < 1.29 is 9.47 Å². The van der Waals surface area contributed by atoms with Crippen LogP contribution in [-0.2, 0) is 29.0 Å². The van der Waals surface area contributed by atoms with Crippen molar-refractivity contribution in [1.29, 1.82) is 0 Å². The van der Waals surface area contributed by atoms with Gasteiger partial charge in [-0.15, -0.1) is 24.0 Å². The summed E-state index contributed by atoms with van der Waals surface area (Å²) in [6, 6.07) is 10.6. The van der Waals surface area contributed by atoms with E-state index in [0.717, 1.165) is 83.5 Å². The van der Waals surface area contributed by atoms with Crippen LogP contribution in [0.3, 0.4) is 0 Å². The lowest BCUT2D eigenvalue weighted by Gasteiger charge is -2.12. The minimum absolute atomic E-state index is 0. The van der Waals surface area contributed by atoms with Crippen molar-refractivity contribution in [3.8, 4) is 0 Å². The zero-order valence-corrected chi connectivity index (χ0v) is 21.5. The van der Waals surface area contributed by atoms with Crippen molar-refractivity contribution in [2.24, 2.45) is 10.9 Å². The number of nitrogens with one attached hydrogen (secondary N) is 2. The normalized spacial score (nSPS) is 16.0. The molecule has 178 valence electrons. The van der Waals surface area contributed by atoms with E-state index in [1.165, 1.54) is 5.56 Å². The van der Waals surface area contributed by atoms with Gasteiger partial charge in [0, 0.05) is 51.2 Å². The lowest BCUT2D eigenvalue weighted by Crippen LogP contribution is -2.38. The molecule has 0 amide bonds. The average molecular weight is 556 g/mol. The maximum atomic E-state index is 5.77. The molecule has 7 nitrogen and oxygen atoms in total. The summed E-state index contributed by atoms with van der Waals surface area (Å²) in [6.45, 7) is 8.54. The van der Waals surface area contributed by atoms with Gasteiger partial charge in [0.1, 0.15) is 12.4 Å². The van der Waals surface area contributed by atoms with Gasteiger partial charge in [-0.1, -0.05) is 30.3 Å². The number of imidazole rings is 1. The molecule has 1 aromatic carbocycles. The second-order valence-electron chi connectivity index (χ2n) is 7.91. The van der Waals surface area contributed by atoms with Crippen molar-refractivity contribution in [2.45, 2.75) is 45.7 Å². The summed E-state index contributed by atoms with van der Waals surface area (Å²) in [7, 11) is 0. The van der Waals surface area contributed by atoms with E-state index in [1.54, 1.807) is 0 Å². The molecule has 1 unspecified atom stereocenters. The van der Waals surface area contributed by atoms with Gasteiger partial charge in [0.2, 0.25) is 0 Å². The quantitative estimate of drug-likeness (QED) is 0.171. The SMILES string of the molecule is CCNC(=NCc1nccn1CCCc1ccccc1)NCCCOCC1CCOC1.I. The summed E-state index contributed by atoms with van der Waals surface area (Å²) in [5.41, 5.74) is 1.38. The number of hydrogen-bond donors (Lipinski definition) is 2. The Morgan fingerprint density at radius 2 is 2.12 bits per heavy atom. The topological polar surface area (TPSA) is 72.7 Å². The fourth-order valence-corrected chi connectivity index (χ4v) is 3.63. The first kappa shape index (κ1) is 26.6. The van der Waals surface area contributed by atoms with E-state index in [2.05, 4.69) is 57.4 Å². The molecular formula is C24H38IN5O2. The number of nitrogens with zero attached hydrogens (tertiary/aromatic N) is 3. The number of aromatic nitrogens is 2. The van der Waals surface area contributed by atoms with E-state index >= 15 is 0 Å². The number of aliphatic imine (C=N–C) groups is 1. The molecule has 1 fully saturated rings. The number of halogens is 1. The van der Waals surface area contributed by atoms with Crippen LogP contribution < -0.4 is 10.6 Å². The molecule has 0 radical (unpaired) electrons. The smallest absolute Gasteiger partial charge is 0.191 e. The number of benzene rings is 1. The summed E-state index contributed by atoms with van der Waals surface area (Å²) in [4.78, 5) is 9.22. The van der Waals surface area contributed by atoms with E-state index in [1.807, 2.05) is 12.4 Å². The van der Waals surface area contributed by atoms with Crippen LogP contribution in [0.1, 0.15) is 37.6 Å². The molecule has 0 bridgehead atoms. The van der Waals surface area contributed by atoms with E-state index in [4.69, 9.17) is 14.5 Å². The lowest BCUT2D eigenvalue weighted by atomic mass is 10.1. The van der Waals surface area contributed by atoms with Crippen LogP contribution in [-0.4, -0.2) is 55.0 Å². The number of guanidine groups is 1. The second-order valence-corrected chi connectivity index (χ2v) is 7.91. The molecule has 2 heterocycles. The maximum absolute atomic E-state index is 5.77. The summed E-state index contributed by atoms with van der Waals surface area (Å²) in [5.74, 6) is 2.39. The molecule has 1 saturated heterocycles. The zero-order valence-electron chi connectivity index (χ0n) is 19.2. The minimum atomic E-state index is 0. The van der Waals surface area contributed by atoms with Gasteiger partial charge in [0.15, 0.2) is 5.96 Å². The van der Waals surface area contributed by atoms with Gasteiger partial charge < -0.3 is 24.7 Å². The van der Waals surface area contributed by atoms with Gasteiger partial charge in [-0.05, 0) is 38.2 Å². The monoisotopic (exact) mass is 555 g/mol. The largest absolute Gasteiger partial charge is 0.381 e. The molecule has 0 spiro atoms. The third-order valence-electron chi connectivity index (χ3n) is 5.37. The van der Waals surface area contributed by atoms with Gasteiger partial charge in [-0.2, -0.15) is 0 Å². The first-order valence-electron chi connectivity index (χ1n) is 11.6. The van der Waals surface area contributed by atoms with Gasteiger partial charge in [0.05, 0.1) is 13.2 Å². The molecule has 1 aliphatic rings. The molecule has 0 saturated carbocycles. The van der Waals surface area contributed by atoms with Gasteiger partial charge in [-0.3, -0.25) is 0 Å². The highest BCUT2D eigenvalue weighted by atomic mass is 127. The van der Waals surface area contributed by atoms with E-state index < -0.39 is 0 Å². The first-order chi connectivity index (χ1) is 15.3.